The number of carbonyl (C=O) groups excluding carboxylic acids is 2. The third kappa shape index (κ3) is 5.14. The van der Waals surface area contributed by atoms with E-state index in [1.54, 1.807) is 12.1 Å². The summed E-state index contributed by atoms with van der Waals surface area (Å²) < 4.78 is 10.9. The van der Waals surface area contributed by atoms with Crippen molar-refractivity contribution >= 4 is 23.8 Å². The van der Waals surface area contributed by atoms with E-state index in [1.807, 2.05) is 30.3 Å². The minimum atomic E-state index is -1.06. The fraction of sp³-hybridized carbons (Fsp3) is 0.364. The molecule has 3 unspecified atom stereocenters. The third-order valence-electron chi connectivity index (χ3n) is 5.56. The van der Waals surface area contributed by atoms with Crippen LogP contribution in [0.4, 0.5) is 10.6 Å². The van der Waals surface area contributed by atoms with Crippen molar-refractivity contribution in [3.63, 3.8) is 0 Å². The molecule has 1 aliphatic heterocycles. The molecule has 1 fully saturated rings. The maximum Gasteiger partial charge on any atom is 0.404 e. The molecule has 0 bridgehead atoms. The Balaban J connectivity index is 1.48. The van der Waals surface area contributed by atoms with E-state index in [-0.39, 0.29) is 36.9 Å². The number of rotatable bonds is 8. The lowest BCUT2D eigenvalue weighted by molar-refractivity contribution is -0.148. The number of pyridine rings is 1. The van der Waals surface area contributed by atoms with Gasteiger partial charge in [0.1, 0.15) is 12.6 Å². The predicted octanol–water partition coefficient (Wildman–Crippen LogP) is 1.83. The molecule has 2 aliphatic rings. The fourth-order valence-electron chi connectivity index (χ4n) is 3.69. The Morgan fingerprint density at radius 2 is 2.03 bits per heavy atom. The highest BCUT2D eigenvalue weighted by Gasteiger charge is 2.34. The van der Waals surface area contributed by atoms with E-state index in [0.717, 1.165) is 18.4 Å². The molecule has 1 aromatic heterocycles. The quantitative estimate of drug-likeness (QED) is 0.456. The predicted molar refractivity (Wildman–Crippen MR) is 113 cm³/mol. The average molecular weight is 440 g/mol. The number of benzene rings is 1. The first kappa shape index (κ1) is 21.6. The summed E-state index contributed by atoms with van der Waals surface area (Å²) in [4.78, 5) is 40.0. The monoisotopic (exact) mass is 440 g/mol. The molecule has 10 heteroatoms. The number of aromatic nitrogens is 1. The zero-order valence-electron chi connectivity index (χ0n) is 17.2. The van der Waals surface area contributed by atoms with Crippen LogP contribution in [0.1, 0.15) is 30.1 Å². The number of amides is 2. The molecular formula is C22H24N4O6. The summed E-state index contributed by atoms with van der Waals surface area (Å²) in [5.74, 6) is -0.122. The summed E-state index contributed by atoms with van der Waals surface area (Å²) >= 11 is 0. The number of ether oxygens (including phenoxy) is 2. The van der Waals surface area contributed by atoms with Crippen molar-refractivity contribution in [3.05, 3.63) is 53.7 Å². The zero-order chi connectivity index (χ0) is 22.5. The minimum Gasteiger partial charge on any atom is -0.480 e. The minimum absolute atomic E-state index is 0.0520. The molecule has 1 saturated carbocycles. The van der Waals surface area contributed by atoms with Crippen LogP contribution >= 0.6 is 0 Å². The summed E-state index contributed by atoms with van der Waals surface area (Å²) in [5.41, 5.74) is 1.22. The van der Waals surface area contributed by atoms with Gasteiger partial charge in [-0.2, -0.15) is 0 Å². The Hall–Kier alpha value is -3.66. The fourth-order valence-corrected chi connectivity index (χ4v) is 3.69. The summed E-state index contributed by atoms with van der Waals surface area (Å²) in [7, 11) is 0. The van der Waals surface area contributed by atoms with Gasteiger partial charge in [-0.3, -0.25) is 10.1 Å². The third-order valence-corrected chi connectivity index (χ3v) is 5.56. The number of hydrogen-bond donors (Lipinski definition) is 4. The molecule has 0 radical (unpaired) electrons. The summed E-state index contributed by atoms with van der Waals surface area (Å²) in [6.45, 7) is 0.418. The maximum atomic E-state index is 13.0. The molecule has 0 saturated heterocycles. The highest BCUT2D eigenvalue weighted by atomic mass is 16.5. The summed E-state index contributed by atoms with van der Waals surface area (Å²) in [6, 6.07) is 11.5. The van der Waals surface area contributed by atoms with E-state index >= 15 is 0 Å². The van der Waals surface area contributed by atoms with Crippen molar-refractivity contribution in [1.29, 1.82) is 0 Å². The Labute approximate surface area is 184 Å². The number of anilines is 1. The first-order valence-corrected chi connectivity index (χ1v) is 10.4. The summed E-state index contributed by atoms with van der Waals surface area (Å²) in [5, 5.41) is 17.3. The highest BCUT2D eigenvalue weighted by molar-refractivity contribution is 5.94. The van der Waals surface area contributed by atoms with E-state index in [9.17, 15) is 14.4 Å². The standard InChI is InChI=1S/C22H24N4O6/c27-18-12-31-17-9-8-16(24-20(17)26-18)19(21(28)32-11-13-4-2-1-3-5-13)23-10-14-6-7-15(14)25-22(29)30/h1-5,8-9,14-15,19,23,25H,6-7,10-12H2,(H,29,30)(H,24,26,27). The van der Waals surface area contributed by atoms with Crippen LogP contribution in [-0.2, 0) is 20.9 Å². The van der Waals surface area contributed by atoms with Gasteiger partial charge < -0.3 is 25.2 Å². The zero-order valence-corrected chi connectivity index (χ0v) is 17.2. The largest absolute Gasteiger partial charge is 0.480 e. The molecule has 1 aliphatic carbocycles. The second-order valence-electron chi connectivity index (χ2n) is 7.75. The molecule has 2 aromatic rings. The van der Waals surface area contributed by atoms with Crippen molar-refractivity contribution in [2.75, 3.05) is 18.5 Å². The van der Waals surface area contributed by atoms with Crippen LogP contribution in [-0.4, -0.2) is 47.3 Å². The van der Waals surface area contributed by atoms with Gasteiger partial charge in [0.25, 0.3) is 5.91 Å². The topological polar surface area (TPSA) is 139 Å². The van der Waals surface area contributed by atoms with Gasteiger partial charge in [0.2, 0.25) is 0 Å². The first-order chi connectivity index (χ1) is 15.5. The van der Waals surface area contributed by atoms with E-state index in [0.29, 0.717) is 18.0 Å². The number of carbonyl (C=O) groups is 3. The number of fused-ring (bicyclic) bond motifs is 1. The molecule has 0 spiro atoms. The number of hydrogen-bond acceptors (Lipinski definition) is 7. The van der Waals surface area contributed by atoms with Gasteiger partial charge in [-0.1, -0.05) is 30.3 Å². The van der Waals surface area contributed by atoms with Crippen LogP contribution < -0.4 is 20.7 Å². The van der Waals surface area contributed by atoms with Gasteiger partial charge in [-0.15, -0.1) is 0 Å². The highest BCUT2D eigenvalue weighted by Crippen LogP contribution is 2.30. The molecule has 1 aromatic carbocycles. The van der Waals surface area contributed by atoms with Crippen molar-refractivity contribution < 1.29 is 29.0 Å². The van der Waals surface area contributed by atoms with Crippen LogP contribution in [0.3, 0.4) is 0 Å². The van der Waals surface area contributed by atoms with Gasteiger partial charge in [0, 0.05) is 12.6 Å². The lowest BCUT2D eigenvalue weighted by atomic mass is 9.79. The first-order valence-electron chi connectivity index (χ1n) is 10.4. The Morgan fingerprint density at radius 1 is 1.22 bits per heavy atom. The average Bonchev–Trinajstić information content (AvgIpc) is 2.78. The second kappa shape index (κ2) is 9.65. The Kier molecular flexibility index (Phi) is 6.50. The lowest BCUT2D eigenvalue weighted by Gasteiger charge is -2.37. The Morgan fingerprint density at radius 3 is 2.75 bits per heavy atom. The van der Waals surface area contributed by atoms with Crippen LogP contribution in [0.2, 0.25) is 0 Å². The van der Waals surface area contributed by atoms with Gasteiger partial charge in [-0.25, -0.2) is 14.6 Å². The van der Waals surface area contributed by atoms with Crippen LogP contribution in [0, 0.1) is 5.92 Å². The molecule has 2 amide bonds. The van der Waals surface area contributed by atoms with Crippen molar-refractivity contribution in [2.24, 2.45) is 5.92 Å². The molecule has 168 valence electrons. The van der Waals surface area contributed by atoms with Crippen molar-refractivity contribution in [3.8, 4) is 5.75 Å². The van der Waals surface area contributed by atoms with Crippen molar-refractivity contribution in [2.45, 2.75) is 31.5 Å². The second-order valence-corrected chi connectivity index (χ2v) is 7.75. The van der Waals surface area contributed by atoms with Gasteiger partial charge in [0.15, 0.2) is 18.2 Å². The summed E-state index contributed by atoms with van der Waals surface area (Å²) in [6.07, 6.45) is 0.527. The molecular weight excluding hydrogens is 416 g/mol. The SMILES string of the molecule is O=C(O)NC1CCC1CNC(C(=O)OCc1ccccc1)c1ccc2c(n1)NC(=O)CO2. The molecule has 32 heavy (non-hydrogen) atoms. The smallest absolute Gasteiger partial charge is 0.404 e. The van der Waals surface area contributed by atoms with Crippen LogP contribution in [0.25, 0.3) is 0 Å². The van der Waals surface area contributed by atoms with Gasteiger partial charge in [0.05, 0.1) is 5.69 Å². The molecule has 4 rings (SSSR count). The van der Waals surface area contributed by atoms with Crippen molar-refractivity contribution in [1.82, 2.24) is 15.6 Å². The molecule has 10 nitrogen and oxygen atoms in total. The molecule has 3 atom stereocenters. The van der Waals surface area contributed by atoms with Crippen LogP contribution in [0.5, 0.6) is 5.75 Å². The molecule has 2 heterocycles. The number of nitrogens with one attached hydrogen (secondary N) is 3. The lowest BCUT2D eigenvalue weighted by Crippen LogP contribution is -2.50. The number of carboxylic acid groups (broad SMARTS) is 1. The Bertz CT molecular complexity index is 999. The van der Waals surface area contributed by atoms with Crippen LogP contribution in [0.15, 0.2) is 42.5 Å². The van der Waals surface area contributed by atoms with E-state index in [2.05, 4.69) is 20.9 Å². The molecule has 4 N–H and O–H groups in total. The van der Waals surface area contributed by atoms with E-state index in [4.69, 9.17) is 14.6 Å². The van der Waals surface area contributed by atoms with E-state index in [1.165, 1.54) is 0 Å². The van der Waals surface area contributed by atoms with E-state index < -0.39 is 18.1 Å². The maximum absolute atomic E-state index is 13.0. The van der Waals surface area contributed by atoms with Gasteiger partial charge in [-0.05, 0) is 36.5 Å². The normalized spacial score (nSPS) is 20.1. The number of nitrogens with zero attached hydrogens (tertiary/aromatic N) is 1. The van der Waals surface area contributed by atoms with Gasteiger partial charge >= 0.3 is 12.1 Å². The number of esters is 1.